The summed E-state index contributed by atoms with van der Waals surface area (Å²) in [5.41, 5.74) is 6.44. The molecule has 0 atom stereocenters. The molecule has 0 saturated carbocycles. The van der Waals surface area contributed by atoms with Gasteiger partial charge in [-0.15, -0.1) is 0 Å². The zero-order chi connectivity index (χ0) is 10.4. The lowest BCUT2D eigenvalue weighted by atomic mass is 10.4. The topological polar surface area (TPSA) is 55.0 Å². The van der Waals surface area contributed by atoms with E-state index >= 15 is 0 Å². The maximum Gasteiger partial charge on any atom is 0.151 e. The number of rotatable bonds is 5. The fraction of sp³-hybridized carbons (Fsp3) is 0.556. The number of hydrogen-bond acceptors (Lipinski definition) is 5. The zero-order valence-corrected chi connectivity index (χ0v) is 9.42. The third-order valence-corrected chi connectivity index (χ3v) is 2.53. The van der Waals surface area contributed by atoms with Gasteiger partial charge >= 0.3 is 0 Å². The van der Waals surface area contributed by atoms with E-state index in [0.29, 0.717) is 6.54 Å². The molecule has 1 aromatic rings. The van der Waals surface area contributed by atoms with Gasteiger partial charge in [0.05, 0.1) is 5.69 Å². The molecule has 0 saturated heterocycles. The van der Waals surface area contributed by atoms with Crippen LogP contribution in [0.5, 0.6) is 0 Å². The number of hydrogen-bond donors (Lipinski definition) is 1. The van der Waals surface area contributed by atoms with E-state index in [1.165, 1.54) is 0 Å². The molecular weight excluding hydrogens is 196 g/mol. The molecule has 0 aliphatic rings. The first-order valence-corrected chi connectivity index (χ1v) is 5.89. The van der Waals surface area contributed by atoms with Crippen LogP contribution in [0.4, 0.5) is 5.82 Å². The number of anilines is 1. The van der Waals surface area contributed by atoms with E-state index in [1.54, 1.807) is 12.4 Å². The molecule has 0 aliphatic heterocycles. The summed E-state index contributed by atoms with van der Waals surface area (Å²) >= 11 is 1.82. The van der Waals surface area contributed by atoms with Crippen LogP contribution >= 0.6 is 11.8 Å². The Morgan fingerprint density at radius 1 is 1.43 bits per heavy atom. The standard InChI is InChI=1S/C9H16N4S/c1-13(5-6-14-2)9-8(7-10)11-3-4-12-9/h3-4H,5-7,10H2,1-2H3. The minimum absolute atomic E-state index is 0.437. The van der Waals surface area contributed by atoms with E-state index in [9.17, 15) is 0 Å². The summed E-state index contributed by atoms with van der Waals surface area (Å²) in [5.74, 6) is 1.97. The summed E-state index contributed by atoms with van der Waals surface area (Å²) in [5, 5.41) is 0. The Labute approximate surface area is 88.9 Å². The van der Waals surface area contributed by atoms with Crippen LogP contribution < -0.4 is 10.6 Å². The SMILES string of the molecule is CSCCN(C)c1nccnc1CN. The Morgan fingerprint density at radius 3 is 2.79 bits per heavy atom. The molecule has 1 heterocycles. The minimum Gasteiger partial charge on any atom is -0.357 e. The summed E-state index contributed by atoms with van der Waals surface area (Å²) in [6.45, 7) is 1.40. The Balaban J connectivity index is 2.72. The Hall–Kier alpha value is -0.810. The highest BCUT2D eigenvalue weighted by molar-refractivity contribution is 7.98. The number of aromatic nitrogens is 2. The molecule has 2 N–H and O–H groups in total. The van der Waals surface area contributed by atoms with Gasteiger partial charge in [0, 0.05) is 38.3 Å². The second-order valence-corrected chi connectivity index (χ2v) is 3.93. The summed E-state index contributed by atoms with van der Waals surface area (Å²) in [4.78, 5) is 10.6. The van der Waals surface area contributed by atoms with Gasteiger partial charge in [0.2, 0.25) is 0 Å². The van der Waals surface area contributed by atoms with Crippen molar-refractivity contribution >= 4 is 17.6 Å². The lowest BCUT2D eigenvalue weighted by Gasteiger charge is -2.19. The molecule has 0 aliphatic carbocycles. The molecule has 0 fully saturated rings. The van der Waals surface area contributed by atoms with E-state index in [0.717, 1.165) is 23.8 Å². The first-order chi connectivity index (χ1) is 6.79. The molecule has 5 heteroatoms. The number of nitrogens with zero attached hydrogens (tertiary/aromatic N) is 3. The molecule has 0 spiro atoms. The monoisotopic (exact) mass is 212 g/mol. The predicted octanol–water partition coefficient (Wildman–Crippen LogP) is 0.734. The second kappa shape index (κ2) is 5.82. The van der Waals surface area contributed by atoms with Crippen molar-refractivity contribution < 1.29 is 0 Å². The van der Waals surface area contributed by atoms with Gasteiger partial charge in [0.1, 0.15) is 0 Å². The van der Waals surface area contributed by atoms with E-state index in [2.05, 4.69) is 21.1 Å². The molecule has 4 nitrogen and oxygen atoms in total. The van der Waals surface area contributed by atoms with Crippen LogP contribution in [-0.2, 0) is 6.54 Å². The number of nitrogens with two attached hydrogens (primary N) is 1. The molecule has 0 radical (unpaired) electrons. The molecule has 0 amide bonds. The van der Waals surface area contributed by atoms with Crippen LogP contribution in [-0.4, -0.2) is 35.6 Å². The third kappa shape index (κ3) is 2.85. The molecule has 0 aromatic carbocycles. The van der Waals surface area contributed by atoms with Crippen molar-refractivity contribution in [3.05, 3.63) is 18.1 Å². The molecular formula is C9H16N4S. The van der Waals surface area contributed by atoms with Gasteiger partial charge in [-0.1, -0.05) is 0 Å². The zero-order valence-electron chi connectivity index (χ0n) is 8.60. The fourth-order valence-corrected chi connectivity index (χ4v) is 1.61. The highest BCUT2D eigenvalue weighted by atomic mass is 32.2. The Morgan fingerprint density at radius 2 is 2.14 bits per heavy atom. The van der Waals surface area contributed by atoms with Crippen LogP contribution in [0.3, 0.4) is 0 Å². The summed E-state index contributed by atoms with van der Waals surface area (Å²) in [6.07, 6.45) is 5.46. The van der Waals surface area contributed by atoms with Crippen molar-refractivity contribution in [3.8, 4) is 0 Å². The second-order valence-electron chi connectivity index (χ2n) is 2.95. The average Bonchev–Trinajstić information content (AvgIpc) is 2.25. The maximum atomic E-state index is 5.58. The van der Waals surface area contributed by atoms with Crippen molar-refractivity contribution in [2.75, 3.05) is 30.5 Å². The van der Waals surface area contributed by atoms with Crippen molar-refractivity contribution in [1.82, 2.24) is 9.97 Å². The third-order valence-electron chi connectivity index (χ3n) is 1.94. The first-order valence-electron chi connectivity index (χ1n) is 4.49. The highest BCUT2D eigenvalue weighted by Crippen LogP contribution is 2.12. The van der Waals surface area contributed by atoms with Gasteiger partial charge in [-0.3, -0.25) is 4.98 Å². The molecule has 14 heavy (non-hydrogen) atoms. The fourth-order valence-electron chi connectivity index (χ4n) is 1.16. The van der Waals surface area contributed by atoms with Crippen molar-refractivity contribution in [1.29, 1.82) is 0 Å². The summed E-state index contributed by atoms with van der Waals surface area (Å²) in [7, 11) is 2.01. The molecule has 1 aromatic heterocycles. The van der Waals surface area contributed by atoms with Gasteiger partial charge in [0.15, 0.2) is 5.82 Å². The maximum absolute atomic E-state index is 5.58. The van der Waals surface area contributed by atoms with Crippen LogP contribution in [0, 0.1) is 0 Å². The average molecular weight is 212 g/mol. The normalized spacial score (nSPS) is 10.2. The quantitative estimate of drug-likeness (QED) is 0.780. The van der Waals surface area contributed by atoms with Gasteiger partial charge in [-0.05, 0) is 6.26 Å². The van der Waals surface area contributed by atoms with Crippen molar-refractivity contribution in [2.24, 2.45) is 5.73 Å². The van der Waals surface area contributed by atoms with Gasteiger partial charge in [-0.2, -0.15) is 11.8 Å². The van der Waals surface area contributed by atoms with E-state index in [-0.39, 0.29) is 0 Å². The van der Waals surface area contributed by atoms with Crippen LogP contribution in [0.2, 0.25) is 0 Å². The lowest BCUT2D eigenvalue weighted by Crippen LogP contribution is -2.23. The van der Waals surface area contributed by atoms with E-state index < -0.39 is 0 Å². The van der Waals surface area contributed by atoms with Crippen LogP contribution in [0.1, 0.15) is 5.69 Å². The largest absolute Gasteiger partial charge is 0.357 e. The summed E-state index contributed by atoms with van der Waals surface area (Å²) < 4.78 is 0. The van der Waals surface area contributed by atoms with Crippen LogP contribution in [0.25, 0.3) is 0 Å². The molecule has 0 bridgehead atoms. The molecule has 0 unspecified atom stereocenters. The smallest absolute Gasteiger partial charge is 0.151 e. The Kier molecular flexibility index (Phi) is 4.69. The summed E-state index contributed by atoms with van der Waals surface area (Å²) in [6, 6.07) is 0. The van der Waals surface area contributed by atoms with Crippen molar-refractivity contribution in [3.63, 3.8) is 0 Å². The predicted molar refractivity (Wildman–Crippen MR) is 61.6 cm³/mol. The van der Waals surface area contributed by atoms with E-state index in [4.69, 9.17) is 5.73 Å². The van der Waals surface area contributed by atoms with Gasteiger partial charge in [-0.25, -0.2) is 4.98 Å². The van der Waals surface area contributed by atoms with E-state index in [1.807, 2.05) is 18.8 Å². The van der Waals surface area contributed by atoms with Crippen molar-refractivity contribution in [2.45, 2.75) is 6.54 Å². The minimum atomic E-state index is 0.437. The molecule has 1 rings (SSSR count). The van der Waals surface area contributed by atoms with Crippen LogP contribution in [0.15, 0.2) is 12.4 Å². The Bertz CT molecular complexity index is 279. The number of thioether (sulfide) groups is 1. The highest BCUT2D eigenvalue weighted by Gasteiger charge is 2.07. The van der Waals surface area contributed by atoms with Gasteiger partial charge in [0.25, 0.3) is 0 Å². The lowest BCUT2D eigenvalue weighted by molar-refractivity contribution is 0.882. The van der Waals surface area contributed by atoms with Gasteiger partial charge < -0.3 is 10.6 Å². The molecule has 78 valence electrons. The first kappa shape index (κ1) is 11.3.